The molecule has 0 aliphatic heterocycles. The Morgan fingerprint density at radius 1 is 0.947 bits per heavy atom. The topological polar surface area (TPSA) is 3.24 Å². The van der Waals surface area contributed by atoms with E-state index in [0.717, 1.165) is 17.5 Å². The SMILES string of the molecule is Cl.[2H]C([2H])([2H])N(Cc1ccccc1)[C@@H](C)Cc1ccccc1. The summed E-state index contributed by atoms with van der Waals surface area (Å²) in [6, 6.07) is 19.7. The summed E-state index contributed by atoms with van der Waals surface area (Å²) in [4.78, 5) is 1.59. The highest BCUT2D eigenvalue weighted by molar-refractivity contribution is 5.85. The molecule has 2 aromatic rings. The lowest BCUT2D eigenvalue weighted by Crippen LogP contribution is -2.30. The van der Waals surface area contributed by atoms with Crippen LogP contribution in [0.15, 0.2) is 60.7 Å². The summed E-state index contributed by atoms with van der Waals surface area (Å²) in [5.41, 5.74) is 2.18. The van der Waals surface area contributed by atoms with Crippen LogP contribution in [0.5, 0.6) is 0 Å². The molecule has 1 nitrogen and oxygen atoms in total. The van der Waals surface area contributed by atoms with Gasteiger partial charge in [-0.1, -0.05) is 60.7 Å². The van der Waals surface area contributed by atoms with Gasteiger partial charge in [0.15, 0.2) is 0 Å². The van der Waals surface area contributed by atoms with E-state index in [1.165, 1.54) is 0 Å². The van der Waals surface area contributed by atoms with Crippen LogP contribution in [0.25, 0.3) is 0 Å². The van der Waals surface area contributed by atoms with Gasteiger partial charge in [-0.3, -0.25) is 4.90 Å². The lowest BCUT2D eigenvalue weighted by molar-refractivity contribution is 0.248. The maximum Gasteiger partial charge on any atom is 0.0394 e. The summed E-state index contributed by atoms with van der Waals surface area (Å²) < 4.78 is 23.4. The molecule has 0 aliphatic carbocycles. The van der Waals surface area contributed by atoms with Gasteiger partial charge in [0.25, 0.3) is 0 Å². The molecule has 0 bridgehead atoms. The third-order valence-corrected chi connectivity index (χ3v) is 3.10. The highest BCUT2D eigenvalue weighted by atomic mass is 35.5. The fourth-order valence-electron chi connectivity index (χ4n) is 2.00. The summed E-state index contributed by atoms with van der Waals surface area (Å²) in [5.74, 6) is 0. The van der Waals surface area contributed by atoms with E-state index in [9.17, 15) is 0 Å². The zero-order valence-electron chi connectivity index (χ0n) is 14.1. The van der Waals surface area contributed by atoms with Crippen LogP contribution in [0, 0.1) is 0 Å². The summed E-state index contributed by atoms with van der Waals surface area (Å²) in [7, 11) is 0. The number of halogens is 1. The lowest BCUT2D eigenvalue weighted by Gasteiger charge is -2.24. The van der Waals surface area contributed by atoms with Crippen molar-refractivity contribution < 1.29 is 4.11 Å². The molecule has 19 heavy (non-hydrogen) atoms. The van der Waals surface area contributed by atoms with Crippen molar-refractivity contribution in [3.8, 4) is 0 Å². The minimum atomic E-state index is -2.09. The Morgan fingerprint density at radius 3 is 2.00 bits per heavy atom. The van der Waals surface area contributed by atoms with Gasteiger partial charge in [-0.05, 0) is 31.4 Å². The van der Waals surface area contributed by atoms with Gasteiger partial charge in [0.2, 0.25) is 0 Å². The molecule has 2 aromatic carbocycles. The molecule has 0 radical (unpaired) electrons. The van der Waals surface area contributed by atoms with Gasteiger partial charge in [0, 0.05) is 16.7 Å². The van der Waals surface area contributed by atoms with Crippen molar-refractivity contribution in [2.45, 2.75) is 25.9 Å². The molecule has 0 spiro atoms. The van der Waals surface area contributed by atoms with Gasteiger partial charge in [0.05, 0.1) is 0 Å². The molecule has 1 atom stereocenters. The Kier molecular flexibility index (Phi) is 4.84. The first-order chi connectivity index (χ1) is 9.97. The van der Waals surface area contributed by atoms with E-state index in [4.69, 9.17) is 4.11 Å². The van der Waals surface area contributed by atoms with Crippen LogP contribution in [0.1, 0.15) is 22.2 Å². The van der Waals surface area contributed by atoms with Crippen LogP contribution in [-0.4, -0.2) is 17.9 Å². The molecule has 0 unspecified atom stereocenters. The van der Waals surface area contributed by atoms with Crippen LogP contribution in [0.2, 0.25) is 0 Å². The van der Waals surface area contributed by atoms with Gasteiger partial charge >= 0.3 is 0 Å². The number of rotatable bonds is 5. The minimum Gasteiger partial charge on any atom is -0.299 e. The molecule has 0 heterocycles. The molecule has 2 rings (SSSR count). The van der Waals surface area contributed by atoms with Crippen molar-refractivity contribution >= 4 is 12.4 Å². The predicted molar refractivity (Wildman–Crippen MR) is 84.8 cm³/mol. The second-order valence-electron chi connectivity index (χ2n) is 4.65. The van der Waals surface area contributed by atoms with Crippen LogP contribution in [0.4, 0.5) is 0 Å². The highest BCUT2D eigenvalue weighted by Crippen LogP contribution is 2.10. The predicted octanol–water partition coefficient (Wildman–Crippen LogP) is 4.17. The van der Waals surface area contributed by atoms with E-state index in [1.54, 1.807) is 4.90 Å². The monoisotopic (exact) mass is 278 g/mol. The van der Waals surface area contributed by atoms with Crippen LogP contribution < -0.4 is 0 Å². The van der Waals surface area contributed by atoms with Crippen molar-refractivity contribution in [3.05, 3.63) is 71.8 Å². The minimum absolute atomic E-state index is 0. The quantitative estimate of drug-likeness (QED) is 0.793. The molecular weight excluding hydrogens is 254 g/mol. The standard InChI is InChI=1S/C17H21N.ClH/c1-15(13-16-9-5-3-6-10-16)18(2)14-17-11-7-4-8-12-17;/h3-12,15H,13-14H2,1-2H3;1H/t15-;/m0./s1/i2D3;. The Bertz CT molecular complexity index is 543. The smallest absolute Gasteiger partial charge is 0.0394 e. The maximum atomic E-state index is 7.79. The van der Waals surface area contributed by atoms with Gasteiger partial charge < -0.3 is 0 Å². The second kappa shape index (κ2) is 7.98. The largest absolute Gasteiger partial charge is 0.299 e. The first-order valence-electron chi connectivity index (χ1n) is 7.81. The molecule has 0 aliphatic rings. The number of benzene rings is 2. The Labute approximate surface area is 126 Å². The molecule has 0 N–H and O–H groups in total. The molecule has 0 amide bonds. The lowest BCUT2D eigenvalue weighted by atomic mass is 10.1. The highest BCUT2D eigenvalue weighted by Gasteiger charge is 2.09. The average molecular weight is 279 g/mol. The van der Waals surface area contributed by atoms with E-state index < -0.39 is 6.98 Å². The third kappa shape index (κ3) is 5.06. The molecule has 0 saturated carbocycles. The van der Waals surface area contributed by atoms with E-state index in [0.29, 0.717) is 6.54 Å². The maximum absolute atomic E-state index is 7.79. The fourth-order valence-corrected chi connectivity index (χ4v) is 2.00. The van der Waals surface area contributed by atoms with Crippen molar-refractivity contribution in [1.29, 1.82) is 0 Å². The second-order valence-corrected chi connectivity index (χ2v) is 4.65. The van der Waals surface area contributed by atoms with E-state index in [-0.39, 0.29) is 18.4 Å². The number of likely N-dealkylation sites (N-methyl/N-ethyl adjacent to an activating group) is 1. The molecule has 0 fully saturated rings. The first kappa shape index (κ1) is 11.5. The van der Waals surface area contributed by atoms with Crippen LogP contribution in [-0.2, 0) is 13.0 Å². The van der Waals surface area contributed by atoms with E-state index in [1.807, 2.05) is 67.6 Å². The van der Waals surface area contributed by atoms with Crippen LogP contribution in [0.3, 0.4) is 0 Å². The van der Waals surface area contributed by atoms with Crippen LogP contribution >= 0.6 is 12.4 Å². The van der Waals surface area contributed by atoms with Gasteiger partial charge in [-0.2, -0.15) is 0 Å². The molecule has 102 valence electrons. The Morgan fingerprint density at radius 2 is 1.47 bits per heavy atom. The van der Waals surface area contributed by atoms with Crippen molar-refractivity contribution in [3.63, 3.8) is 0 Å². The zero-order chi connectivity index (χ0) is 15.3. The summed E-state index contributed by atoms with van der Waals surface area (Å²) >= 11 is 0. The summed E-state index contributed by atoms with van der Waals surface area (Å²) in [6.45, 7) is 0.317. The number of nitrogens with zero attached hydrogens (tertiary/aromatic N) is 1. The number of hydrogen-bond acceptors (Lipinski definition) is 1. The normalized spacial score (nSPS) is 14.9. The molecule has 2 heteroatoms. The van der Waals surface area contributed by atoms with E-state index >= 15 is 0 Å². The molecule has 0 aromatic heterocycles. The van der Waals surface area contributed by atoms with Gasteiger partial charge in [0.1, 0.15) is 0 Å². The Hall–Kier alpha value is -1.31. The third-order valence-electron chi connectivity index (χ3n) is 3.10. The number of hydrogen-bond donors (Lipinski definition) is 0. The molecular formula is C17H22ClN. The van der Waals surface area contributed by atoms with Gasteiger partial charge in [-0.15, -0.1) is 12.4 Å². The van der Waals surface area contributed by atoms with E-state index in [2.05, 4.69) is 0 Å². The zero-order valence-corrected chi connectivity index (χ0v) is 11.9. The van der Waals surface area contributed by atoms with Crippen molar-refractivity contribution in [2.24, 2.45) is 0 Å². The molecule has 0 saturated heterocycles. The average Bonchev–Trinajstić information content (AvgIpc) is 2.45. The van der Waals surface area contributed by atoms with Crippen molar-refractivity contribution in [1.82, 2.24) is 4.90 Å². The van der Waals surface area contributed by atoms with Gasteiger partial charge in [-0.25, -0.2) is 0 Å². The van der Waals surface area contributed by atoms with Crippen molar-refractivity contribution in [2.75, 3.05) is 6.98 Å². The fraction of sp³-hybridized carbons (Fsp3) is 0.294. The summed E-state index contributed by atoms with van der Waals surface area (Å²) in [6.07, 6.45) is 0.728. The Balaban J connectivity index is 0.00000242. The first-order valence-corrected chi connectivity index (χ1v) is 6.31. The summed E-state index contributed by atoms with van der Waals surface area (Å²) in [5, 5.41) is 0.